The van der Waals surface area contributed by atoms with Crippen molar-refractivity contribution in [2.24, 2.45) is 5.92 Å². The predicted molar refractivity (Wildman–Crippen MR) is 244 cm³/mol. The Balaban J connectivity index is 0.730. The number of piperidine rings is 2. The molecule has 0 radical (unpaired) electrons. The van der Waals surface area contributed by atoms with E-state index in [0.29, 0.717) is 56.6 Å². The van der Waals surface area contributed by atoms with Gasteiger partial charge in [0, 0.05) is 100 Å². The highest BCUT2D eigenvalue weighted by Crippen LogP contribution is 2.39. The van der Waals surface area contributed by atoms with E-state index in [9.17, 15) is 23.7 Å². The van der Waals surface area contributed by atoms with Crippen molar-refractivity contribution in [1.82, 2.24) is 30.0 Å². The van der Waals surface area contributed by atoms with Crippen LogP contribution in [0.2, 0.25) is 5.02 Å². The number of carbonyl (C=O) groups is 4. The zero-order chi connectivity index (χ0) is 44.0. The molecule has 1 aromatic heterocycles. The minimum atomic E-state index is -2.55. The number of methoxy groups -OCH3 is 1. The summed E-state index contributed by atoms with van der Waals surface area (Å²) >= 11 is 6.49. The molecule has 0 aliphatic carbocycles. The molecular formula is C45H52ClN10O6P. The third-order valence-electron chi connectivity index (χ3n) is 12.9. The summed E-state index contributed by atoms with van der Waals surface area (Å²) in [5.41, 5.74) is 4.03. The van der Waals surface area contributed by atoms with Crippen LogP contribution in [-0.4, -0.2) is 140 Å². The van der Waals surface area contributed by atoms with Crippen molar-refractivity contribution in [3.05, 3.63) is 83.0 Å². The molecular weight excluding hydrogens is 843 g/mol. The van der Waals surface area contributed by atoms with Crippen LogP contribution >= 0.6 is 18.7 Å². The molecule has 0 saturated carbocycles. The second kappa shape index (κ2) is 17.6. The van der Waals surface area contributed by atoms with Crippen LogP contribution in [0.3, 0.4) is 0 Å². The van der Waals surface area contributed by atoms with Gasteiger partial charge in [-0.25, -0.2) is 4.98 Å². The fourth-order valence-corrected chi connectivity index (χ4v) is 10.8. The number of rotatable bonds is 12. The van der Waals surface area contributed by atoms with Gasteiger partial charge >= 0.3 is 0 Å². The molecule has 5 aliphatic rings. The quantitative estimate of drug-likeness (QED) is 0.128. The van der Waals surface area contributed by atoms with Crippen LogP contribution in [0.25, 0.3) is 0 Å². The standard InChI is InChI=1S/C45H52ClN10O6P/c1-62-38-23-31(9-11-35(38)49-45-47-24-34(46)41(51-45)48-36-6-4-5-7-39(36)63(2,3)61)53-16-14-29(15-17-53)54-20-18-52(19-21-54)25-28-26-55(27-28)30-8-10-32-33(22-30)44(60)56(43(32)59)37-12-13-40(57)50-42(37)58/h4-11,22-24,28-29,37H,12-21,25-27H2,1-3H3,(H,50,57,58)(H2,47,48,49,51). The van der Waals surface area contributed by atoms with Crippen LogP contribution in [0, 0.1) is 5.92 Å². The summed E-state index contributed by atoms with van der Waals surface area (Å²) < 4.78 is 18.7. The number of anilines is 6. The van der Waals surface area contributed by atoms with Gasteiger partial charge in [0.25, 0.3) is 11.8 Å². The van der Waals surface area contributed by atoms with Gasteiger partial charge < -0.3 is 34.6 Å². The molecule has 4 aromatic rings. The molecule has 1 unspecified atom stereocenters. The lowest BCUT2D eigenvalue weighted by Gasteiger charge is -2.46. The summed E-state index contributed by atoms with van der Waals surface area (Å²) in [7, 11) is -0.899. The number of imide groups is 2. The highest BCUT2D eigenvalue weighted by atomic mass is 35.5. The van der Waals surface area contributed by atoms with E-state index >= 15 is 0 Å². The molecule has 5 aliphatic heterocycles. The van der Waals surface area contributed by atoms with Gasteiger partial charge in [-0.15, -0.1) is 0 Å². The lowest BCUT2D eigenvalue weighted by molar-refractivity contribution is -0.136. The van der Waals surface area contributed by atoms with Crippen molar-refractivity contribution < 1.29 is 28.5 Å². The first kappa shape index (κ1) is 42.7. The number of piperazine rings is 1. The number of hydrogen-bond donors (Lipinski definition) is 3. The van der Waals surface area contributed by atoms with Gasteiger partial charge in [-0.1, -0.05) is 23.7 Å². The Morgan fingerprint density at radius 3 is 2.27 bits per heavy atom. The number of amides is 4. The van der Waals surface area contributed by atoms with Crippen molar-refractivity contribution in [2.45, 2.75) is 37.8 Å². The number of ether oxygens (including phenoxy) is 1. The first-order valence-corrected chi connectivity index (χ1v) is 24.5. The third kappa shape index (κ3) is 8.86. The van der Waals surface area contributed by atoms with Gasteiger partial charge in [0.15, 0.2) is 5.82 Å². The third-order valence-corrected chi connectivity index (χ3v) is 14.8. The zero-order valence-electron chi connectivity index (χ0n) is 35.7. The molecule has 4 fully saturated rings. The number of nitrogens with one attached hydrogen (secondary N) is 3. The molecule has 1 atom stereocenters. The number of carbonyl (C=O) groups excluding carboxylic acids is 4. The highest BCUT2D eigenvalue weighted by molar-refractivity contribution is 7.70. The molecule has 4 saturated heterocycles. The number of halogens is 1. The van der Waals surface area contributed by atoms with E-state index in [1.807, 2.05) is 36.4 Å². The summed E-state index contributed by atoms with van der Waals surface area (Å²) in [6.07, 6.45) is 3.94. The highest BCUT2D eigenvalue weighted by Gasteiger charge is 2.45. The van der Waals surface area contributed by atoms with Crippen LogP contribution in [0.15, 0.2) is 66.9 Å². The predicted octanol–water partition coefficient (Wildman–Crippen LogP) is 5.00. The Bertz CT molecular complexity index is 2500. The molecule has 0 spiro atoms. The van der Waals surface area contributed by atoms with Gasteiger partial charge in [-0.3, -0.25) is 34.3 Å². The van der Waals surface area contributed by atoms with Crippen molar-refractivity contribution in [1.29, 1.82) is 0 Å². The van der Waals surface area contributed by atoms with Crippen LogP contribution in [-0.2, 0) is 14.2 Å². The second-order valence-electron chi connectivity index (χ2n) is 17.4. The Morgan fingerprint density at radius 2 is 1.54 bits per heavy atom. The largest absolute Gasteiger partial charge is 0.494 e. The minimum Gasteiger partial charge on any atom is -0.494 e. The molecule has 3 N–H and O–H groups in total. The Morgan fingerprint density at radius 1 is 0.825 bits per heavy atom. The normalized spacial score (nSPS) is 20.4. The number of fused-ring (bicyclic) bond motifs is 1. The topological polar surface area (TPSA) is 173 Å². The molecule has 6 heterocycles. The van der Waals surface area contributed by atoms with Crippen LogP contribution in [0.4, 0.5) is 34.5 Å². The lowest BCUT2D eigenvalue weighted by Crippen LogP contribution is -2.57. The van der Waals surface area contributed by atoms with Crippen molar-refractivity contribution >= 4 is 82.2 Å². The van der Waals surface area contributed by atoms with Crippen molar-refractivity contribution in [2.75, 3.05) is 99.8 Å². The van der Waals surface area contributed by atoms with E-state index in [4.69, 9.17) is 16.3 Å². The van der Waals surface area contributed by atoms with Gasteiger partial charge in [-0.2, -0.15) is 4.98 Å². The summed E-state index contributed by atoms with van der Waals surface area (Å²) in [6, 6.07) is 18.5. The molecule has 4 amide bonds. The van der Waals surface area contributed by atoms with Gasteiger partial charge in [-0.05, 0) is 75.1 Å². The first-order valence-electron chi connectivity index (χ1n) is 21.5. The van der Waals surface area contributed by atoms with Gasteiger partial charge in [0.1, 0.15) is 24.0 Å². The van der Waals surface area contributed by atoms with Crippen LogP contribution < -0.4 is 35.8 Å². The second-order valence-corrected chi connectivity index (χ2v) is 21.0. The SMILES string of the molecule is COc1cc(N2CCC(N3CCN(CC4CN(c5ccc6c(c5)C(=O)N(C5CCC(=O)NC5=O)C6=O)C4)CC3)CC2)ccc1Nc1ncc(Cl)c(Nc2ccccc2P(C)(C)=O)n1. The van der Waals surface area contributed by atoms with Crippen molar-refractivity contribution in [3.8, 4) is 5.75 Å². The molecule has 9 rings (SSSR count). The molecule has 330 valence electrons. The van der Waals surface area contributed by atoms with E-state index in [2.05, 4.69) is 57.7 Å². The summed E-state index contributed by atoms with van der Waals surface area (Å²) in [5.74, 6) is -0.0119. The van der Waals surface area contributed by atoms with Gasteiger partial charge in [0.2, 0.25) is 17.8 Å². The van der Waals surface area contributed by atoms with E-state index < -0.39 is 30.9 Å². The maximum absolute atomic E-state index is 13.3. The van der Waals surface area contributed by atoms with E-state index in [0.717, 1.165) is 93.7 Å². The monoisotopic (exact) mass is 894 g/mol. The van der Waals surface area contributed by atoms with Gasteiger partial charge in [0.05, 0.1) is 35.8 Å². The number of nitrogens with zero attached hydrogens (tertiary/aromatic N) is 7. The first-order chi connectivity index (χ1) is 30.3. The summed E-state index contributed by atoms with van der Waals surface area (Å²) in [4.78, 5) is 70.4. The minimum absolute atomic E-state index is 0.0966. The van der Waals surface area contributed by atoms with E-state index in [1.54, 1.807) is 32.6 Å². The molecule has 0 bridgehead atoms. The fourth-order valence-electron chi connectivity index (χ4n) is 9.51. The molecule has 3 aromatic carbocycles. The fraction of sp³-hybridized carbons (Fsp3) is 0.422. The number of aromatic nitrogens is 2. The van der Waals surface area contributed by atoms with Crippen LogP contribution in [0.5, 0.6) is 5.75 Å². The Labute approximate surface area is 371 Å². The Kier molecular flexibility index (Phi) is 11.9. The maximum Gasteiger partial charge on any atom is 0.262 e. The molecule has 16 nitrogen and oxygen atoms in total. The van der Waals surface area contributed by atoms with E-state index in [-0.39, 0.29) is 18.7 Å². The summed E-state index contributed by atoms with van der Waals surface area (Å²) in [6.45, 7) is 12.3. The Hall–Kier alpha value is -5.54. The van der Waals surface area contributed by atoms with Crippen LogP contribution in [0.1, 0.15) is 46.4 Å². The average molecular weight is 895 g/mol. The number of benzene rings is 3. The number of hydrogen-bond acceptors (Lipinski definition) is 14. The summed E-state index contributed by atoms with van der Waals surface area (Å²) in [5, 5.41) is 9.84. The molecule has 18 heteroatoms. The molecule has 63 heavy (non-hydrogen) atoms. The zero-order valence-corrected chi connectivity index (χ0v) is 37.3. The van der Waals surface area contributed by atoms with Crippen molar-refractivity contribution in [3.63, 3.8) is 0 Å². The van der Waals surface area contributed by atoms with E-state index in [1.165, 1.54) is 6.20 Å². The smallest absolute Gasteiger partial charge is 0.262 e. The maximum atomic E-state index is 13.3. The lowest BCUT2D eigenvalue weighted by atomic mass is 9.96. The number of para-hydroxylation sites is 1. The average Bonchev–Trinajstić information content (AvgIpc) is 3.51.